The third-order valence-corrected chi connectivity index (χ3v) is 2.89. The van der Waals surface area contributed by atoms with Crippen LogP contribution in [-0.4, -0.2) is 25.8 Å². The first kappa shape index (κ1) is 12.0. The molecule has 1 N–H and O–H groups in total. The van der Waals surface area contributed by atoms with Crippen LogP contribution >= 0.6 is 0 Å². The van der Waals surface area contributed by atoms with Gasteiger partial charge in [-0.3, -0.25) is 0 Å². The Morgan fingerprint density at radius 1 is 1.21 bits per heavy atom. The van der Waals surface area contributed by atoms with Crippen LogP contribution in [0.1, 0.15) is 46.0 Å². The zero-order valence-electron chi connectivity index (χ0n) is 9.72. The van der Waals surface area contributed by atoms with E-state index in [0.717, 1.165) is 19.1 Å². The molecule has 1 aliphatic carbocycles. The van der Waals surface area contributed by atoms with Gasteiger partial charge >= 0.3 is 0 Å². The van der Waals surface area contributed by atoms with Gasteiger partial charge in [0.1, 0.15) is 0 Å². The van der Waals surface area contributed by atoms with E-state index in [1.165, 1.54) is 38.6 Å². The van der Waals surface area contributed by atoms with Gasteiger partial charge in [0.25, 0.3) is 0 Å². The van der Waals surface area contributed by atoms with E-state index in [9.17, 15) is 0 Å². The SMILES string of the molecule is CC(C)OCCNCC1CCCCC1. The van der Waals surface area contributed by atoms with Gasteiger partial charge in [-0.2, -0.15) is 0 Å². The summed E-state index contributed by atoms with van der Waals surface area (Å²) in [5.74, 6) is 0.933. The van der Waals surface area contributed by atoms with Gasteiger partial charge in [0, 0.05) is 6.54 Å². The third kappa shape index (κ3) is 5.61. The molecule has 14 heavy (non-hydrogen) atoms. The summed E-state index contributed by atoms with van der Waals surface area (Å²) in [5.41, 5.74) is 0. The van der Waals surface area contributed by atoms with Crippen molar-refractivity contribution in [1.29, 1.82) is 0 Å². The van der Waals surface area contributed by atoms with Gasteiger partial charge < -0.3 is 10.1 Å². The fourth-order valence-electron chi connectivity index (χ4n) is 2.06. The first-order chi connectivity index (χ1) is 6.79. The van der Waals surface area contributed by atoms with E-state index < -0.39 is 0 Å². The molecule has 0 atom stereocenters. The van der Waals surface area contributed by atoms with Crippen molar-refractivity contribution in [2.24, 2.45) is 5.92 Å². The number of rotatable bonds is 6. The lowest BCUT2D eigenvalue weighted by Gasteiger charge is -2.21. The van der Waals surface area contributed by atoms with E-state index in [1.807, 2.05) is 0 Å². The molecule has 84 valence electrons. The number of hydrogen-bond donors (Lipinski definition) is 1. The molecular weight excluding hydrogens is 174 g/mol. The van der Waals surface area contributed by atoms with Crippen molar-refractivity contribution in [1.82, 2.24) is 5.32 Å². The lowest BCUT2D eigenvalue weighted by Crippen LogP contribution is -2.28. The molecule has 2 nitrogen and oxygen atoms in total. The van der Waals surface area contributed by atoms with Crippen LogP contribution in [0.5, 0.6) is 0 Å². The van der Waals surface area contributed by atoms with E-state index in [4.69, 9.17) is 4.74 Å². The predicted octanol–water partition coefficient (Wildman–Crippen LogP) is 2.58. The molecule has 0 aromatic heterocycles. The smallest absolute Gasteiger partial charge is 0.0594 e. The Balaban J connectivity index is 1.87. The second-order valence-electron chi connectivity index (χ2n) is 4.63. The monoisotopic (exact) mass is 199 g/mol. The van der Waals surface area contributed by atoms with Crippen LogP contribution in [0.4, 0.5) is 0 Å². The quantitative estimate of drug-likeness (QED) is 0.664. The second-order valence-corrected chi connectivity index (χ2v) is 4.63. The number of ether oxygens (including phenoxy) is 1. The molecule has 1 fully saturated rings. The zero-order chi connectivity index (χ0) is 10.2. The molecule has 0 saturated heterocycles. The van der Waals surface area contributed by atoms with Gasteiger partial charge in [-0.1, -0.05) is 19.3 Å². The minimum atomic E-state index is 0.367. The Bertz CT molecular complexity index is 130. The maximum absolute atomic E-state index is 5.47. The molecule has 0 aromatic rings. The standard InChI is InChI=1S/C12H25NO/c1-11(2)14-9-8-13-10-12-6-4-3-5-7-12/h11-13H,3-10H2,1-2H3. The van der Waals surface area contributed by atoms with Crippen molar-refractivity contribution in [2.45, 2.75) is 52.1 Å². The van der Waals surface area contributed by atoms with Crippen molar-refractivity contribution in [3.05, 3.63) is 0 Å². The molecule has 0 spiro atoms. The maximum Gasteiger partial charge on any atom is 0.0594 e. The van der Waals surface area contributed by atoms with Crippen molar-refractivity contribution >= 4 is 0 Å². The highest BCUT2D eigenvalue weighted by Gasteiger charge is 2.12. The number of nitrogens with one attached hydrogen (secondary N) is 1. The van der Waals surface area contributed by atoms with E-state index in [-0.39, 0.29) is 0 Å². The highest BCUT2D eigenvalue weighted by Crippen LogP contribution is 2.22. The van der Waals surface area contributed by atoms with Gasteiger partial charge in [0.15, 0.2) is 0 Å². The van der Waals surface area contributed by atoms with Crippen LogP contribution < -0.4 is 5.32 Å². The van der Waals surface area contributed by atoms with E-state index in [2.05, 4.69) is 19.2 Å². The highest BCUT2D eigenvalue weighted by molar-refractivity contribution is 4.67. The van der Waals surface area contributed by atoms with Gasteiger partial charge in [0.2, 0.25) is 0 Å². The molecule has 0 amide bonds. The molecule has 0 heterocycles. The van der Waals surface area contributed by atoms with Crippen LogP contribution in [0.2, 0.25) is 0 Å². The van der Waals surface area contributed by atoms with Gasteiger partial charge in [-0.25, -0.2) is 0 Å². The summed E-state index contributed by atoms with van der Waals surface area (Å²) >= 11 is 0. The van der Waals surface area contributed by atoms with Crippen LogP contribution in [0.25, 0.3) is 0 Å². The van der Waals surface area contributed by atoms with Gasteiger partial charge in [-0.05, 0) is 39.2 Å². The van der Waals surface area contributed by atoms with E-state index in [1.54, 1.807) is 0 Å². The molecule has 2 heteroatoms. The third-order valence-electron chi connectivity index (χ3n) is 2.89. The highest BCUT2D eigenvalue weighted by atomic mass is 16.5. The molecule has 0 bridgehead atoms. The summed E-state index contributed by atoms with van der Waals surface area (Å²) in [5, 5.41) is 3.49. The molecule has 0 unspecified atom stereocenters. The fraction of sp³-hybridized carbons (Fsp3) is 1.00. The average molecular weight is 199 g/mol. The summed E-state index contributed by atoms with van der Waals surface area (Å²) in [6, 6.07) is 0. The summed E-state index contributed by atoms with van der Waals surface area (Å²) in [6.45, 7) is 7.22. The summed E-state index contributed by atoms with van der Waals surface area (Å²) < 4.78 is 5.47. The van der Waals surface area contributed by atoms with Gasteiger partial charge in [0.05, 0.1) is 12.7 Å². The normalized spacial score (nSPS) is 19.1. The van der Waals surface area contributed by atoms with E-state index >= 15 is 0 Å². The largest absolute Gasteiger partial charge is 0.377 e. The van der Waals surface area contributed by atoms with E-state index in [0.29, 0.717) is 6.10 Å². The van der Waals surface area contributed by atoms with Crippen LogP contribution in [0.3, 0.4) is 0 Å². The topological polar surface area (TPSA) is 21.3 Å². The predicted molar refractivity (Wildman–Crippen MR) is 60.5 cm³/mol. The lowest BCUT2D eigenvalue weighted by atomic mass is 9.89. The first-order valence-corrected chi connectivity index (χ1v) is 6.11. The molecule has 0 aromatic carbocycles. The first-order valence-electron chi connectivity index (χ1n) is 6.11. The molecular formula is C12H25NO. The van der Waals surface area contributed by atoms with Crippen LogP contribution in [0, 0.1) is 5.92 Å². The Morgan fingerprint density at radius 2 is 1.93 bits per heavy atom. The Hall–Kier alpha value is -0.0800. The molecule has 0 aliphatic heterocycles. The van der Waals surface area contributed by atoms with Crippen molar-refractivity contribution in [3.63, 3.8) is 0 Å². The van der Waals surface area contributed by atoms with Crippen molar-refractivity contribution in [2.75, 3.05) is 19.7 Å². The Kier molecular flexibility index (Phi) is 6.20. The number of hydrogen-bond acceptors (Lipinski definition) is 2. The summed E-state index contributed by atoms with van der Waals surface area (Å²) in [7, 11) is 0. The fourth-order valence-corrected chi connectivity index (χ4v) is 2.06. The minimum Gasteiger partial charge on any atom is -0.377 e. The maximum atomic E-state index is 5.47. The summed E-state index contributed by atoms with van der Waals surface area (Å²) in [4.78, 5) is 0. The Labute approximate surface area is 88.4 Å². The Morgan fingerprint density at radius 3 is 2.57 bits per heavy atom. The lowest BCUT2D eigenvalue weighted by molar-refractivity contribution is 0.0801. The van der Waals surface area contributed by atoms with Crippen LogP contribution in [0.15, 0.2) is 0 Å². The molecule has 0 radical (unpaired) electrons. The van der Waals surface area contributed by atoms with Crippen molar-refractivity contribution < 1.29 is 4.74 Å². The van der Waals surface area contributed by atoms with Crippen molar-refractivity contribution in [3.8, 4) is 0 Å². The van der Waals surface area contributed by atoms with Gasteiger partial charge in [-0.15, -0.1) is 0 Å². The second kappa shape index (κ2) is 7.24. The molecule has 1 saturated carbocycles. The zero-order valence-corrected chi connectivity index (χ0v) is 9.72. The van der Waals surface area contributed by atoms with Crippen LogP contribution in [-0.2, 0) is 4.74 Å². The average Bonchev–Trinajstić information content (AvgIpc) is 2.18. The molecule has 1 rings (SSSR count). The minimum absolute atomic E-state index is 0.367. The molecule has 1 aliphatic rings. The summed E-state index contributed by atoms with van der Waals surface area (Å²) in [6.07, 6.45) is 7.55.